The van der Waals surface area contributed by atoms with E-state index < -0.39 is 5.97 Å². The number of carboxylic acids is 1. The first-order chi connectivity index (χ1) is 11.9. The number of benzene rings is 1. The zero-order valence-corrected chi connectivity index (χ0v) is 14.6. The molecule has 1 fully saturated rings. The zero-order valence-electron chi connectivity index (χ0n) is 14.6. The van der Waals surface area contributed by atoms with Crippen molar-refractivity contribution in [1.29, 1.82) is 0 Å². The minimum Gasteiger partial charge on any atom is -0.480 e. The van der Waals surface area contributed by atoms with Crippen LogP contribution in [0.2, 0.25) is 0 Å². The number of rotatable bonds is 7. The lowest BCUT2D eigenvalue weighted by Gasteiger charge is -2.25. The highest BCUT2D eigenvalue weighted by molar-refractivity contribution is 5.96. The second-order valence-corrected chi connectivity index (χ2v) is 6.19. The number of hydrogen-bond donors (Lipinski definition) is 1. The van der Waals surface area contributed by atoms with Gasteiger partial charge < -0.3 is 14.9 Å². The maximum Gasteiger partial charge on any atom is 0.323 e. The molecular weight excluding hydrogens is 320 g/mol. The zero-order chi connectivity index (χ0) is 18.4. The monoisotopic (exact) mass is 344 g/mol. The van der Waals surface area contributed by atoms with Gasteiger partial charge in [0.15, 0.2) is 0 Å². The number of carbonyl (C=O) groups is 3. The Morgan fingerprint density at radius 1 is 1.32 bits per heavy atom. The summed E-state index contributed by atoms with van der Waals surface area (Å²) in [6.07, 6.45) is 5.21. The van der Waals surface area contributed by atoms with E-state index in [1.54, 1.807) is 11.0 Å². The molecule has 0 saturated carbocycles. The average Bonchev–Trinajstić information content (AvgIpc) is 3.03. The number of carboxylic acid groups (broad SMARTS) is 1. The molecule has 134 valence electrons. The van der Waals surface area contributed by atoms with E-state index in [1.165, 1.54) is 11.0 Å². The van der Waals surface area contributed by atoms with Gasteiger partial charge in [-0.25, -0.2) is 0 Å². The van der Waals surface area contributed by atoms with E-state index in [2.05, 4.69) is 0 Å². The Labute approximate surface area is 147 Å². The molecule has 1 aromatic carbocycles. The molecule has 6 nitrogen and oxygen atoms in total. The highest BCUT2D eigenvalue weighted by atomic mass is 16.4. The fraction of sp³-hybridized carbons (Fsp3) is 0.421. The molecule has 1 aromatic rings. The van der Waals surface area contributed by atoms with E-state index in [4.69, 9.17) is 5.11 Å². The Kier molecular flexibility index (Phi) is 6.33. The van der Waals surface area contributed by atoms with Gasteiger partial charge in [0.25, 0.3) is 0 Å². The Bertz CT molecular complexity index is 667. The summed E-state index contributed by atoms with van der Waals surface area (Å²) >= 11 is 0. The van der Waals surface area contributed by atoms with Crippen LogP contribution in [0.5, 0.6) is 0 Å². The SMILES string of the molecule is CCC(C)N(CC(=O)O)C(=O)/C=C/c1ccc(N2CCCC2=O)cc1. The first kappa shape index (κ1) is 18.7. The largest absolute Gasteiger partial charge is 0.480 e. The minimum atomic E-state index is -1.03. The van der Waals surface area contributed by atoms with Crippen LogP contribution in [0.4, 0.5) is 5.69 Å². The lowest BCUT2D eigenvalue weighted by Crippen LogP contribution is -2.40. The van der Waals surface area contributed by atoms with Crippen LogP contribution in [-0.4, -0.2) is 46.9 Å². The smallest absolute Gasteiger partial charge is 0.323 e. The quantitative estimate of drug-likeness (QED) is 0.771. The maximum atomic E-state index is 12.3. The van der Waals surface area contributed by atoms with E-state index in [0.29, 0.717) is 12.8 Å². The van der Waals surface area contributed by atoms with Crippen molar-refractivity contribution in [3.05, 3.63) is 35.9 Å². The van der Waals surface area contributed by atoms with Crippen molar-refractivity contribution in [2.45, 2.75) is 39.2 Å². The van der Waals surface area contributed by atoms with Crippen LogP contribution in [0.1, 0.15) is 38.7 Å². The van der Waals surface area contributed by atoms with Crippen LogP contribution in [0.25, 0.3) is 6.08 Å². The van der Waals surface area contributed by atoms with E-state index in [1.807, 2.05) is 38.1 Å². The molecule has 0 aliphatic carbocycles. The number of nitrogens with zero attached hydrogens (tertiary/aromatic N) is 2. The summed E-state index contributed by atoms with van der Waals surface area (Å²) in [7, 11) is 0. The summed E-state index contributed by atoms with van der Waals surface area (Å²) in [5, 5.41) is 8.97. The molecule has 1 heterocycles. The van der Waals surface area contributed by atoms with Crippen molar-refractivity contribution >= 4 is 29.5 Å². The van der Waals surface area contributed by atoms with Gasteiger partial charge in [-0.1, -0.05) is 19.1 Å². The van der Waals surface area contributed by atoms with Crippen LogP contribution in [-0.2, 0) is 14.4 Å². The Hall–Kier alpha value is -2.63. The van der Waals surface area contributed by atoms with Crippen LogP contribution in [0, 0.1) is 0 Å². The van der Waals surface area contributed by atoms with Gasteiger partial charge in [-0.15, -0.1) is 0 Å². The van der Waals surface area contributed by atoms with E-state index in [0.717, 1.165) is 24.2 Å². The summed E-state index contributed by atoms with van der Waals surface area (Å²) in [5.41, 5.74) is 1.68. The number of anilines is 1. The third kappa shape index (κ3) is 4.92. The predicted molar refractivity (Wildman–Crippen MR) is 96.2 cm³/mol. The van der Waals surface area contributed by atoms with Gasteiger partial charge in [0.2, 0.25) is 11.8 Å². The molecule has 25 heavy (non-hydrogen) atoms. The minimum absolute atomic E-state index is 0.135. The molecule has 1 unspecified atom stereocenters. The van der Waals surface area contributed by atoms with Crippen LogP contribution < -0.4 is 4.90 Å². The Balaban J connectivity index is 2.05. The molecule has 2 amide bonds. The fourth-order valence-corrected chi connectivity index (χ4v) is 2.77. The molecule has 1 saturated heterocycles. The topological polar surface area (TPSA) is 77.9 Å². The Morgan fingerprint density at radius 2 is 2.00 bits per heavy atom. The van der Waals surface area contributed by atoms with Crippen molar-refractivity contribution in [2.24, 2.45) is 0 Å². The molecule has 6 heteroatoms. The highest BCUT2D eigenvalue weighted by Crippen LogP contribution is 2.22. The maximum absolute atomic E-state index is 12.3. The molecule has 0 radical (unpaired) electrons. The number of carbonyl (C=O) groups excluding carboxylic acids is 2. The summed E-state index contributed by atoms with van der Waals surface area (Å²) in [6, 6.07) is 7.26. The van der Waals surface area contributed by atoms with Crippen molar-refractivity contribution in [3.63, 3.8) is 0 Å². The first-order valence-electron chi connectivity index (χ1n) is 8.53. The van der Waals surface area contributed by atoms with Crippen molar-refractivity contribution < 1.29 is 19.5 Å². The van der Waals surface area contributed by atoms with Crippen LogP contribution >= 0.6 is 0 Å². The summed E-state index contributed by atoms with van der Waals surface area (Å²) in [6.45, 7) is 4.17. The lowest BCUT2D eigenvalue weighted by molar-refractivity contribution is -0.144. The number of aliphatic carboxylic acids is 1. The van der Waals surface area contributed by atoms with Crippen LogP contribution in [0.3, 0.4) is 0 Å². The molecule has 1 atom stereocenters. The molecular formula is C19H24N2O4. The molecule has 1 aliphatic rings. The van der Waals surface area contributed by atoms with Gasteiger partial charge in [0, 0.05) is 30.8 Å². The van der Waals surface area contributed by atoms with E-state index in [9.17, 15) is 14.4 Å². The summed E-state index contributed by atoms with van der Waals surface area (Å²) in [5.74, 6) is -1.21. The average molecular weight is 344 g/mol. The van der Waals surface area contributed by atoms with Gasteiger partial charge in [0.05, 0.1) is 0 Å². The van der Waals surface area contributed by atoms with E-state index in [-0.39, 0.29) is 24.4 Å². The van der Waals surface area contributed by atoms with E-state index >= 15 is 0 Å². The van der Waals surface area contributed by atoms with Gasteiger partial charge >= 0.3 is 5.97 Å². The first-order valence-corrected chi connectivity index (χ1v) is 8.53. The normalized spacial score (nSPS) is 15.6. The van der Waals surface area contributed by atoms with Gasteiger partial charge in [-0.05, 0) is 43.5 Å². The van der Waals surface area contributed by atoms with Crippen molar-refractivity contribution in [1.82, 2.24) is 4.90 Å². The second kappa shape index (κ2) is 8.46. The van der Waals surface area contributed by atoms with Gasteiger partial charge in [0.1, 0.15) is 6.54 Å². The second-order valence-electron chi connectivity index (χ2n) is 6.19. The molecule has 1 N–H and O–H groups in total. The lowest BCUT2D eigenvalue weighted by atomic mass is 10.1. The van der Waals surface area contributed by atoms with Crippen LogP contribution in [0.15, 0.2) is 30.3 Å². The third-order valence-corrected chi connectivity index (χ3v) is 4.41. The van der Waals surface area contributed by atoms with Crippen molar-refractivity contribution in [3.8, 4) is 0 Å². The standard InChI is InChI=1S/C19H24N2O4/c1-3-14(2)21(13-19(24)25)18(23)11-8-15-6-9-16(10-7-15)20-12-4-5-17(20)22/h6-11,14H,3-5,12-13H2,1-2H3,(H,24,25)/b11-8+. The number of hydrogen-bond acceptors (Lipinski definition) is 3. The van der Waals surface area contributed by atoms with Crippen molar-refractivity contribution in [2.75, 3.05) is 18.0 Å². The molecule has 0 bridgehead atoms. The number of amides is 2. The van der Waals surface area contributed by atoms with Gasteiger partial charge in [-0.3, -0.25) is 14.4 Å². The molecule has 0 aromatic heterocycles. The van der Waals surface area contributed by atoms with Gasteiger partial charge in [-0.2, -0.15) is 0 Å². The molecule has 2 rings (SSSR count). The summed E-state index contributed by atoms with van der Waals surface area (Å²) in [4.78, 5) is 38.1. The Morgan fingerprint density at radius 3 is 2.52 bits per heavy atom. The predicted octanol–water partition coefficient (Wildman–Crippen LogP) is 2.54. The fourth-order valence-electron chi connectivity index (χ4n) is 2.77. The summed E-state index contributed by atoms with van der Waals surface area (Å²) < 4.78 is 0. The highest BCUT2D eigenvalue weighted by Gasteiger charge is 2.21. The molecule has 0 spiro atoms. The molecule has 1 aliphatic heterocycles. The third-order valence-electron chi connectivity index (χ3n) is 4.41.